The van der Waals surface area contributed by atoms with E-state index < -0.39 is 0 Å². The number of thiazole rings is 1. The standard InChI is InChI=1S/C15H28N2OS/c1-6-15(7-2,17(8-3)9-4)14(18)10-13-11-19-12(5)16-13/h11,14,18H,6-10H2,1-5H3. The van der Waals surface area contributed by atoms with Crippen LogP contribution in [0.15, 0.2) is 5.38 Å². The monoisotopic (exact) mass is 284 g/mol. The van der Waals surface area contributed by atoms with E-state index in [1.54, 1.807) is 11.3 Å². The topological polar surface area (TPSA) is 36.4 Å². The molecule has 3 nitrogen and oxygen atoms in total. The lowest BCUT2D eigenvalue weighted by atomic mass is 9.82. The molecule has 1 rings (SSSR count). The molecule has 0 aliphatic carbocycles. The number of aryl methyl sites for hydroxylation is 1. The van der Waals surface area contributed by atoms with E-state index in [-0.39, 0.29) is 11.6 Å². The van der Waals surface area contributed by atoms with Crippen molar-refractivity contribution in [2.45, 2.75) is 65.5 Å². The van der Waals surface area contributed by atoms with Gasteiger partial charge in [-0.25, -0.2) is 4.98 Å². The van der Waals surface area contributed by atoms with Crippen LogP contribution in [0.25, 0.3) is 0 Å². The number of aromatic nitrogens is 1. The Labute approximate surface area is 121 Å². The van der Waals surface area contributed by atoms with Gasteiger partial charge >= 0.3 is 0 Å². The fourth-order valence-corrected chi connectivity index (χ4v) is 3.75. The molecule has 1 aromatic heterocycles. The van der Waals surface area contributed by atoms with E-state index in [0.29, 0.717) is 6.42 Å². The minimum atomic E-state index is -0.358. The minimum absolute atomic E-state index is 0.124. The second-order valence-corrected chi connectivity index (χ2v) is 6.12. The number of hydrogen-bond acceptors (Lipinski definition) is 4. The number of aliphatic hydroxyl groups excluding tert-OH is 1. The Balaban J connectivity index is 2.91. The normalized spacial score (nSPS) is 14.1. The van der Waals surface area contributed by atoms with Crippen LogP contribution >= 0.6 is 11.3 Å². The molecule has 0 amide bonds. The summed E-state index contributed by atoms with van der Waals surface area (Å²) in [6, 6.07) is 0. The summed E-state index contributed by atoms with van der Waals surface area (Å²) >= 11 is 1.66. The molecule has 0 aromatic carbocycles. The second kappa shape index (κ2) is 7.36. The molecule has 110 valence electrons. The third-order valence-electron chi connectivity index (χ3n) is 4.31. The molecule has 19 heavy (non-hydrogen) atoms. The average molecular weight is 284 g/mol. The zero-order valence-corrected chi connectivity index (χ0v) is 13.8. The van der Waals surface area contributed by atoms with Crippen molar-refractivity contribution in [1.82, 2.24) is 9.88 Å². The largest absolute Gasteiger partial charge is 0.391 e. The average Bonchev–Trinajstić information content (AvgIpc) is 2.81. The third kappa shape index (κ3) is 3.56. The zero-order valence-electron chi connectivity index (χ0n) is 12.9. The smallest absolute Gasteiger partial charge is 0.0897 e. The van der Waals surface area contributed by atoms with Gasteiger partial charge in [-0.3, -0.25) is 4.90 Å². The lowest BCUT2D eigenvalue weighted by molar-refractivity contribution is -0.0344. The van der Waals surface area contributed by atoms with Gasteiger partial charge in [-0.15, -0.1) is 11.3 Å². The van der Waals surface area contributed by atoms with Gasteiger partial charge < -0.3 is 5.11 Å². The van der Waals surface area contributed by atoms with Crippen molar-refractivity contribution in [1.29, 1.82) is 0 Å². The van der Waals surface area contributed by atoms with E-state index in [2.05, 4.69) is 43.0 Å². The molecular formula is C15H28N2OS. The third-order valence-corrected chi connectivity index (χ3v) is 5.13. The van der Waals surface area contributed by atoms with E-state index in [9.17, 15) is 5.11 Å². The highest BCUT2D eigenvalue weighted by Gasteiger charge is 2.39. The first-order valence-corrected chi connectivity index (χ1v) is 8.26. The van der Waals surface area contributed by atoms with Gasteiger partial charge in [-0.05, 0) is 32.9 Å². The van der Waals surface area contributed by atoms with Crippen LogP contribution in [0.2, 0.25) is 0 Å². The maximum Gasteiger partial charge on any atom is 0.0897 e. The highest BCUT2D eigenvalue weighted by molar-refractivity contribution is 7.09. The van der Waals surface area contributed by atoms with Crippen molar-refractivity contribution in [3.63, 3.8) is 0 Å². The SMILES string of the molecule is CCN(CC)C(CC)(CC)C(O)Cc1csc(C)n1. The van der Waals surface area contributed by atoms with Gasteiger partial charge in [0, 0.05) is 17.3 Å². The van der Waals surface area contributed by atoms with Gasteiger partial charge in [0.25, 0.3) is 0 Å². The van der Waals surface area contributed by atoms with Crippen LogP contribution < -0.4 is 0 Å². The Kier molecular flexibility index (Phi) is 6.43. The summed E-state index contributed by atoms with van der Waals surface area (Å²) in [6.45, 7) is 12.7. The lowest BCUT2D eigenvalue weighted by Crippen LogP contribution is -2.56. The predicted octanol–water partition coefficient (Wildman–Crippen LogP) is 3.26. The fourth-order valence-electron chi connectivity index (χ4n) is 3.12. The Morgan fingerprint density at radius 1 is 1.26 bits per heavy atom. The summed E-state index contributed by atoms with van der Waals surface area (Å²) < 4.78 is 0. The number of nitrogens with zero attached hydrogens (tertiary/aromatic N) is 2. The van der Waals surface area contributed by atoms with Gasteiger partial charge in [-0.2, -0.15) is 0 Å². The van der Waals surface area contributed by atoms with Crippen LogP contribution in [0.5, 0.6) is 0 Å². The van der Waals surface area contributed by atoms with Crippen LogP contribution in [-0.4, -0.2) is 39.7 Å². The Morgan fingerprint density at radius 2 is 1.84 bits per heavy atom. The van der Waals surface area contributed by atoms with Crippen molar-refractivity contribution >= 4 is 11.3 Å². The summed E-state index contributed by atoms with van der Waals surface area (Å²) in [5, 5.41) is 13.9. The first kappa shape index (κ1) is 16.6. The molecular weight excluding hydrogens is 256 g/mol. The molecule has 0 bridgehead atoms. The number of hydrogen-bond donors (Lipinski definition) is 1. The lowest BCUT2D eigenvalue weighted by Gasteiger charge is -2.45. The molecule has 1 heterocycles. The van der Waals surface area contributed by atoms with Crippen molar-refractivity contribution in [3.8, 4) is 0 Å². The Bertz CT molecular complexity index is 370. The number of aliphatic hydroxyl groups is 1. The molecule has 0 fully saturated rings. The predicted molar refractivity (Wildman–Crippen MR) is 82.8 cm³/mol. The molecule has 0 spiro atoms. The van der Waals surface area contributed by atoms with Crippen molar-refractivity contribution in [2.75, 3.05) is 13.1 Å². The summed E-state index contributed by atoms with van der Waals surface area (Å²) in [5.41, 5.74) is 0.898. The highest BCUT2D eigenvalue weighted by atomic mass is 32.1. The molecule has 1 aromatic rings. The Morgan fingerprint density at radius 3 is 2.21 bits per heavy atom. The molecule has 1 unspecified atom stereocenters. The Hall–Kier alpha value is -0.450. The maximum absolute atomic E-state index is 10.8. The van der Waals surface area contributed by atoms with Crippen LogP contribution in [0, 0.1) is 6.92 Å². The first-order valence-electron chi connectivity index (χ1n) is 7.38. The fraction of sp³-hybridized carbons (Fsp3) is 0.800. The molecule has 1 atom stereocenters. The van der Waals surface area contributed by atoms with Crippen molar-refractivity contribution < 1.29 is 5.11 Å². The van der Waals surface area contributed by atoms with E-state index in [1.165, 1.54) is 0 Å². The minimum Gasteiger partial charge on any atom is -0.391 e. The van der Waals surface area contributed by atoms with Crippen LogP contribution in [0.3, 0.4) is 0 Å². The molecule has 0 saturated heterocycles. The van der Waals surface area contributed by atoms with E-state index in [1.807, 2.05) is 6.92 Å². The quantitative estimate of drug-likeness (QED) is 0.796. The summed E-state index contributed by atoms with van der Waals surface area (Å²) in [6.07, 6.45) is 2.23. The van der Waals surface area contributed by atoms with Gasteiger partial charge in [0.15, 0.2) is 0 Å². The van der Waals surface area contributed by atoms with E-state index in [0.717, 1.165) is 36.6 Å². The molecule has 0 radical (unpaired) electrons. The van der Waals surface area contributed by atoms with Crippen LogP contribution in [0.4, 0.5) is 0 Å². The van der Waals surface area contributed by atoms with Gasteiger partial charge in [0.2, 0.25) is 0 Å². The van der Waals surface area contributed by atoms with Gasteiger partial charge in [0.1, 0.15) is 0 Å². The molecule has 0 aliphatic rings. The van der Waals surface area contributed by atoms with Crippen molar-refractivity contribution in [3.05, 3.63) is 16.1 Å². The highest BCUT2D eigenvalue weighted by Crippen LogP contribution is 2.30. The summed E-state index contributed by atoms with van der Waals surface area (Å²) in [4.78, 5) is 6.88. The van der Waals surface area contributed by atoms with E-state index >= 15 is 0 Å². The summed E-state index contributed by atoms with van der Waals surface area (Å²) in [7, 11) is 0. The molecule has 0 aliphatic heterocycles. The molecule has 4 heteroatoms. The number of rotatable bonds is 8. The van der Waals surface area contributed by atoms with Crippen molar-refractivity contribution in [2.24, 2.45) is 0 Å². The maximum atomic E-state index is 10.8. The molecule has 1 N–H and O–H groups in total. The summed E-state index contributed by atoms with van der Waals surface area (Å²) in [5.74, 6) is 0. The molecule has 0 saturated carbocycles. The van der Waals surface area contributed by atoms with Crippen LogP contribution in [0.1, 0.15) is 51.2 Å². The zero-order chi connectivity index (χ0) is 14.5. The van der Waals surface area contributed by atoms with E-state index in [4.69, 9.17) is 0 Å². The van der Waals surface area contributed by atoms with Gasteiger partial charge in [-0.1, -0.05) is 27.7 Å². The number of likely N-dealkylation sites (N-methyl/N-ethyl adjacent to an activating group) is 1. The second-order valence-electron chi connectivity index (χ2n) is 5.06. The first-order chi connectivity index (χ1) is 9.03. The van der Waals surface area contributed by atoms with Gasteiger partial charge in [0.05, 0.1) is 16.8 Å². The van der Waals surface area contributed by atoms with Crippen LogP contribution in [-0.2, 0) is 6.42 Å².